The molecule has 0 radical (unpaired) electrons. The molecule has 18 heavy (non-hydrogen) atoms. The van der Waals surface area contributed by atoms with Crippen molar-refractivity contribution < 1.29 is 23.9 Å². The van der Waals surface area contributed by atoms with Crippen LogP contribution in [0.4, 0.5) is 4.79 Å². The molecule has 1 aliphatic heterocycles. The molecule has 0 spiro atoms. The van der Waals surface area contributed by atoms with Crippen LogP contribution in [-0.4, -0.2) is 38.0 Å². The lowest BCUT2D eigenvalue weighted by molar-refractivity contribution is -0.200. The van der Waals surface area contributed by atoms with Crippen molar-refractivity contribution in [3.63, 3.8) is 0 Å². The minimum Gasteiger partial charge on any atom is -0.450 e. The highest BCUT2D eigenvalue weighted by Crippen LogP contribution is 2.12. The van der Waals surface area contributed by atoms with Gasteiger partial charge in [0.1, 0.15) is 0 Å². The van der Waals surface area contributed by atoms with Crippen LogP contribution in [-0.2, 0) is 19.1 Å². The molecule has 1 unspecified atom stereocenters. The SMILES string of the molecule is CCOC(=O)NCCC(=O)NOC1CCCCO1. The standard InChI is InChI=1S/C11H20N2O5/c1-2-16-11(15)12-7-6-9(14)13-18-10-5-3-4-8-17-10/h10H,2-8H2,1H3,(H,12,15)(H,13,14). The van der Waals surface area contributed by atoms with E-state index in [1.165, 1.54) is 0 Å². The van der Waals surface area contributed by atoms with Crippen molar-refractivity contribution >= 4 is 12.0 Å². The van der Waals surface area contributed by atoms with Gasteiger partial charge in [-0.25, -0.2) is 15.1 Å². The molecule has 104 valence electrons. The van der Waals surface area contributed by atoms with Gasteiger partial charge in [-0.2, -0.15) is 0 Å². The zero-order chi connectivity index (χ0) is 13.2. The van der Waals surface area contributed by atoms with E-state index in [0.29, 0.717) is 13.2 Å². The fraction of sp³-hybridized carbons (Fsp3) is 0.818. The summed E-state index contributed by atoms with van der Waals surface area (Å²) in [4.78, 5) is 27.3. The first-order chi connectivity index (χ1) is 8.72. The van der Waals surface area contributed by atoms with Crippen LogP contribution in [0.25, 0.3) is 0 Å². The summed E-state index contributed by atoms with van der Waals surface area (Å²) in [6.07, 6.45) is 2.08. The highest BCUT2D eigenvalue weighted by Gasteiger charge is 2.15. The smallest absolute Gasteiger partial charge is 0.407 e. The normalized spacial score (nSPS) is 19.1. The summed E-state index contributed by atoms with van der Waals surface area (Å²) >= 11 is 0. The van der Waals surface area contributed by atoms with Gasteiger partial charge in [0.15, 0.2) is 6.29 Å². The highest BCUT2D eigenvalue weighted by atomic mass is 16.8. The summed E-state index contributed by atoms with van der Waals surface area (Å²) in [6, 6.07) is 0. The van der Waals surface area contributed by atoms with Gasteiger partial charge >= 0.3 is 6.09 Å². The zero-order valence-corrected chi connectivity index (χ0v) is 10.6. The molecule has 2 N–H and O–H groups in total. The Morgan fingerprint density at radius 1 is 1.39 bits per heavy atom. The predicted molar refractivity (Wildman–Crippen MR) is 62.5 cm³/mol. The molecular weight excluding hydrogens is 240 g/mol. The van der Waals surface area contributed by atoms with Gasteiger partial charge in [0.05, 0.1) is 6.61 Å². The summed E-state index contributed by atoms with van der Waals surface area (Å²) < 4.78 is 9.92. The van der Waals surface area contributed by atoms with Gasteiger partial charge in [0.25, 0.3) is 0 Å². The minimum atomic E-state index is -0.526. The lowest BCUT2D eigenvalue weighted by atomic mass is 10.2. The molecule has 7 heteroatoms. The molecule has 0 aromatic carbocycles. The molecule has 0 aromatic rings. The first-order valence-electron chi connectivity index (χ1n) is 6.19. The number of hydroxylamine groups is 1. The summed E-state index contributed by atoms with van der Waals surface area (Å²) in [7, 11) is 0. The van der Waals surface area contributed by atoms with Crippen LogP contribution in [0.3, 0.4) is 0 Å². The number of carbonyl (C=O) groups is 2. The Morgan fingerprint density at radius 3 is 2.89 bits per heavy atom. The van der Waals surface area contributed by atoms with Crippen LogP contribution in [0.2, 0.25) is 0 Å². The summed E-state index contributed by atoms with van der Waals surface area (Å²) in [5.74, 6) is -0.305. The van der Waals surface area contributed by atoms with Gasteiger partial charge in [-0.1, -0.05) is 0 Å². The largest absolute Gasteiger partial charge is 0.450 e. The molecule has 1 heterocycles. The molecule has 1 aliphatic rings. The van der Waals surface area contributed by atoms with Gasteiger partial charge < -0.3 is 14.8 Å². The molecule has 1 atom stereocenters. The van der Waals surface area contributed by atoms with E-state index in [2.05, 4.69) is 15.5 Å². The number of carbonyl (C=O) groups excluding carboxylic acids is 2. The van der Waals surface area contributed by atoms with Crippen molar-refractivity contribution in [2.24, 2.45) is 0 Å². The third-order valence-electron chi connectivity index (χ3n) is 2.34. The maximum absolute atomic E-state index is 11.3. The van der Waals surface area contributed by atoms with Gasteiger partial charge in [-0.3, -0.25) is 4.79 Å². The summed E-state index contributed by atoms with van der Waals surface area (Å²) in [5, 5.41) is 2.44. The average molecular weight is 260 g/mol. The average Bonchev–Trinajstić information content (AvgIpc) is 2.38. The second-order valence-electron chi connectivity index (χ2n) is 3.84. The molecule has 0 aromatic heterocycles. The van der Waals surface area contributed by atoms with Gasteiger partial charge in [-0.05, 0) is 19.8 Å². The Hall–Kier alpha value is -1.34. The van der Waals surface area contributed by atoms with Gasteiger partial charge in [0.2, 0.25) is 5.91 Å². The molecule has 2 amide bonds. The topological polar surface area (TPSA) is 85.9 Å². The van der Waals surface area contributed by atoms with Crippen molar-refractivity contribution in [3.8, 4) is 0 Å². The fourth-order valence-corrected chi connectivity index (χ4v) is 1.45. The van der Waals surface area contributed by atoms with Gasteiger partial charge in [0, 0.05) is 26.0 Å². The van der Waals surface area contributed by atoms with Crippen LogP contribution < -0.4 is 10.8 Å². The van der Waals surface area contributed by atoms with Crippen molar-refractivity contribution in [1.29, 1.82) is 0 Å². The molecule has 0 bridgehead atoms. The van der Waals surface area contributed by atoms with Crippen molar-refractivity contribution in [2.45, 2.75) is 38.9 Å². The van der Waals surface area contributed by atoms with Crippen LogP contribution in [0, 0.1) is 0 Å². The van der Waals surface area contributed by atoms with Crippen LogP contribution in [0.5, 0.6) is 0 Å². The summed E-state index contributed by atoms with van der Waals surface area (Å²) in [6.45, 7) is 2.88. The molecule has 1 rings (SSSR count). The number of amides is 2. The van der Waals surface area contributed by atoms with Gasteiger partial charge in [-0.15, -0.1) is 0 Å². The number of nitrogens with one attached hydrogen (secondary N) is 2. The Kier molecular flexibility index (Phi) is 7.12. The van der Waals surface area contributed by atoms with Crippen molar-refractivity contribution in [1.82, 2.24) is 10.8 Å². The maximum Gasteiger partial charge on any atom is 0.407 e. The van der Waals surface area contributed by atoms with E-state index in [0.717, 1.165) is 19.3 Å². The third kappa shape index (κ3) is 6.41. The Morgan fingerprint density at radius 2 is 2.22 bits per heavy atom. The van der Waals surface area contributed by atoms with E-state index in [1.54, 1.807) is 6.92 Å². The summed E-state index contributed by atoms with van der Waals surface area (Å²) in [5.41, 5.74) is 2.30. The van der Waals surface area contributed by atoms with Crippen LogP contribution >= 0.6 is 0 Å². The second kappa shape index (κ2) is 8.71. The second-order valence-corrected chi connectivity index (χ2v) is 3.84. The number of hydrogen-bond donors (Lipinski definition) is 2. The molecule has 7 nitrogen and oxygen atoms in total. The third-order valence-corrected chi connectivity index (χ3v) is 2.34. The number of ether oxygens (including phenoxy) is 2. The monoisotopic (exact) mass is 260 g/mol. The van der Waals surface area contributed by atoms with E-state index >= 15 is 0 Å². The first-order valence-corrected chi connectivity index (χ1v) is 6.19. The number of alkyl carbamates (subject to hydrolysis) is 1. The highest BCUT2D eigenvalue weighted by molar-refractivity contribution is 5.75. The maximum atomic E-state index is 11.3. The molecule has 1 fully saturated rings. The lowest BCUT2D eigenvalue weighted by Gasteiger charge is -2.22. The zero-order valence-electron chi connectivity index (χ0n) is 10.6. The van der Waals surface area contributed by atoms with Crippen molar-refractivity contribution in [3.05, 3.63) is 0 Å². The number of hydrogen-bond acceptors (Lipinski definition) is 5. The Labute approximate surface area is 106 Å². The molecule has 0 saturated carbocycles. The van der Waals surface area contributed by atoms with E-state index < -0.39 is 6.09 Å². The predicted octanol–water partition coefficient (Wildman–Crippen LogP) is 0.697. The molecule has 1 saturated heterocycles. The van der Waals surface area contributed by atoms with Crippen LogP contribution in [0.15, 0.2) is 0 Å². The lowest BCUT2D eigenvalue weighted by Crippen LogP contribution is -2.35. The van der Waals surface area contributed by atoms with Crippen molar-refractivity contribution in [2.75, 3.05) is 19.8 Å². The molecule has 0 aliphatic carbocycles. The minimum absolute atomic E-state index is 0.130. The van der Waals surface area contributed by atoms with E-state index in [1.807, 2.05) is 0 Å². The quantitative estimate of drug-likeness (QED) is 0.686. The van der Waals surface area contributed by atoms with E-state index in [9.17, 15) is 9.59 Å². The Bertz CT molecular complexity index is 266. The van der Waals surface area contributed by atoms with Crippen LogP contribution in [0.1, 0.15) is 32.6 Å². The van der Waals surface area contributed by atoms with E-state index in [4.69, 9.17) is 9.57 Å². The number of rotatable bonds is 6. The first kappa shape index (κ1) is 14.7. The molecular formula is C11H20N2O5. The fourth-order valence-electron chi connectivity index (χ4n) is 1.45. The van der Waals surface area contributed by atoms with E-state index in [-0.39, 0.29) is 25.2 Å². The Balaban J connectivity index is 2.01.